The van der Waals surface area contributed by atoms with E-state index in [1.54, 1.807) is 11.0 Å². The fourth-order valence-corrected chi connectivity index (χ4v) is 5.86. The van der Waals surface area contributed by atoms with Gasteiger partial charge in [0, 0.05) is 31.6 Å². The molecule has 0 amide bonds. The lowest BCUT2D eigenvalue weighted by atomic mass is 10.2. The summed E-state index contributed by atoms with van der Waals surface area (Å²) < 4.78 is 80.6. The molecule has 0 saturated carbocycles. The highest BCUT2D eigenvalue weighted by molar-refractivity contribution is 7.89. The summed E-state index contributed by atoms with van der Waals surface area (Å²) in [4.78, 5) is 6.04. The standard InChI is InChI=1S/C25H25F4N5O3S/c26-21-12-17(15-30)2-6-23(21)33-8-1-9-34(11-10-33)38(36,37)20-4-5-22-18(13-20)3-7-24(32-22)31-19(16-35)14-25(27,28)29/h2-7,12-13,19,35H,1,8-11,14,16H2,(H,31,32). The molecular weight excluding hydrogens is 526 g/mol. The van der Waals surface area contributed by atoms with Crippen molar-refractivity contribution in [2.75, 3.05) is 43.0 Å². The Bertz CT molecular complexity index is 1460. The minimum absolute atomic E-state index is 0.0378. The van der Waals surface area contributed by atoms with Crippen LogP contribution in [-0.2, 0) is 10.0 Å². The van der Waals surface area contributed by atoms with Crippen LogP contribution in [0.2, 0.25) is 0 Å². The number of halogens is 4. The molecule has 2 heterocycles. The summed E-state index contributed by atoms with van der Waals surface area (Å²) in [6.45, 7) is 0.327. The van der Waals surface area contributed by atoms with Crippen molar-refractivity contribution in [3.8, 4) is 6.07 Å². The van der Waals surface area contributed by atoms with E-state index in [1.165, 1.54) is 40.7 Å². The largest absolute Gasteiger partial charge is 0.394 e. The summed E-state index contributed by atoms with van der Waals surface area (Å²) in [5, 5.41) is 21.2. The van der Waals surface area contributed by atoms with Crippen molar-refractivity contribution >= 4 is 32.4 Å². The predicted molar refractivity (Wildman–Crippen MR) is 134 cm³/mol. The lowest BCUT2D eigenvalue weighted by molar-refractivity contribution is -0.138. The normalized spacial score (nSPS) is 16.2. The number of aliphatic hydroxyl groups excluding tert-OH is 1. The van der Waals surface area contributed by atoms with Crippen LogP contribution in [-0.4, -0.2) is 67.8 Å². The Balaban J connectivity index is 1.49. The van der Waals surface area contributed by atoms with Gasteiger partial charge in [-0.05, 0) is 55.0 Å². The number of aliphatic hydroxyl groups is 1. The van der Waals surface area contributed by atoms with Gasteiger partial charge in [-0.25, -0.2) is 17.8 Å². The Kier molecular flexibility index (Phi) is 8.05. The minimum Gasteiger partial charge on any atom is -0.394 e. The van der Waals surface area contributed by atoms with Crippen molar-refractivity contribution in [3.05, 3.63) is 59.9 Å². The number of aromatic nitrogens is 1. The van der Waals surface area contributed by atoms with E-state index >= 15 is 0 Å². The third-order valence-corrected chi connectivity index (χ3v) is 8.12. The van der Waals surface area contributed by atoms with Crippen LogP contribution in [0, 0.1) is 17.1 Å². The molecule has 1 aliphatic heterocycles. The first-order valence-electron chi connectivity index (χ1n) is 11.8. The number of nitrogens with one attached hydrogen (secondary N) is 1. The Labute approximate surface area is 217 Å². The first-order chi connectivity index (χ1) is 18.0. The van der Waals surface area contributed by atoms with E-state index in [2.05, 4.69) is 10.3 Å². The predicted octanol–water partition coefficient (Wildman–Crippen LogP) is 3.87. The van der Waals surface area contributed by atoms with E-state index in [-0.39, 0.29) is 35.9 Å². The van der Waals surface area contributed by atoms with Crippen molar-refractivity contribution < 1.29 is 31.1 Å². The molecule has 1 aromatic heterocycles. The molecule has 38 heavy (non-hydrogen) atoms. The van der Waals surface area contributed by atoms with E-state index in [0.29, 0.717) is 29.6 Å². The van der Waals surface area contributed by atoms with Crippen molar-refractivity contribution in [3.63, 3.8) is 0 Å². The lowest BCUT2D eigenvalue weighted by Gasteiger charge is -2.24. The van der Waals surface area contributed by atoms with Crippen LogP contribution in [0.1, 0.15) is 18.4 Å². The Morgan fingerprint density at radius 1 is 1.08 bits per heavy atom. The maximum absolute atomic E-state index is 14.5. The molecule has 1 fully saturated rings. The number of rotatable bonds is 7. The number of anilines is 2. The number of alkyl halides is 3. The number of benzene rings is 2. The van der Waals surface area contributed by atoms with Crippen LogP contribution >= 0.6 is 0 Å². The van der Waals surface area contributed by atoms with Gasteiger partial charge >= 0.3 is 6.18 Å². The highest BCUT2D eigenvalue weighted by Crippen LogP contribution is 2.27. The minimum atomic E-state index is -4.46. The molecular formula is C25H25F4N5O3S. The zero-order valence-electron chi connectivity index (χ0n) is 20.1. The number of pyridine rings is 1. The molecule has 13 heteroatoms. The number of nitriles is 1. The van der Waals surface area contributed by atoms with Gasteiger partial charge in [-0.2, -0.15) is 22.7 Å². The maximum Gasteiger partial charge on any atom is 0.391 e. The molecule has 0 bridgehead atoms. The Morgan fingerprint density at radius 2 is 1.87 bits per heavy atom. The number of sulfonamides is 1. The third-order valence-electron chi connectivity index (χ3n) is 6.22. The first-order valence-corrected chi connectivity index (χ1v) is 13.2. The molecule has 2 aromatic carbocycles. The molecule has 0 radical (unpaired) electrons. The van der Waals surface area contributed by atoms with Gasteiger partial charge in [0.2, 0.25) is 10.0 Å². The van der Waals surface area contributed by atoms with E-state index in [1.807, 2.05) is 6.07 Å². The third kappa shape index (κ3) is 6.32. The summed E-state index contributed by atoms with van der Waals surface area (Å²) in [6, 6.07) is 12.1. The monoisotopic (exact) mass is 551 g/mol. The number of fused-ring (bicyclic) bond motifs is 1. The molecule has 1 unspecified atom stereocenters. The van der Waals surface area contributed by atoms with Crippen LogP contribution < -0.4 is 10.2 Å². The van der Waals surface area contributed by atoms with Gasteiger partial charge in [-0.3, -0.25) is 0 Å². The second kappa shape index (κ2) is 11.1. The number of hydrogen-bond acceptors (Lipinski definition) is 7. The van der Waals surface area contributed by atoms with Crippen molar-refractivity contribution in [2.45, 2.75) is 30.0 Å². The van der Waals surface area contributed by atoms with E-state index in [4.69, 9.17) is 5.26 Å². The van der Waals surface area contributed by atoms with Gasteiger partial charge < -0.3 is 15.3 Å². The van der Waals surface area contributed by atoms with Gasteiger partial charge in [-0.1, -0.05) is 0 Å². The molecule has 3 aromatic rings. The summed E-state index contributed by atoms with van der Waals surface area (Å²) >= 11 is 0. The summed E-state index contributed by atoms with van der Waals surface area (Å²) in [5.41, 5.74) is 0.882. The molecule has 4 rings (SSSR count). The van der Waals surface area contributed by atoms with Crippen molar-refractivity contribution in [2.24, 2.45) is 0 Å². The molecule has 0 aliphatic carbocycles. The van der Waals surface area contributed by atoms with E-state index in [0.717, 1.165) is 6.07 Å². The Hall–Kier alpha value is -3.47. The zero-order valence-corrected chi connectivity index (χ0v) is 20.9. The second-order valence-electron chi connectivity index (χ2n) is 8.92. The van der Waals surface area contributed by atoms with Crippen LogP contribution in [0.15, 0.2) is 53.4 Å². The maximum atomic E-state index is 14.5. The fourth-order valence-electron chi connectivity index (χ4n) is 4.35. The molecule has 1 aliphatic rings. The molecule has 1 saturated heterocycles. The molecule has 8 nitrogen and oxygen atoms in total. The van der Waals surface area contributed by atoms with E-state index in [9.17, 15) is 31.1 Å². The summed E-state index contributed by atoms with van der Waals surface area (Å²) in [5.74, 6) is -0.418. The average Bonchev–Trinajstić information content (AvgIpc) is 3.14. The quantitative estimate of drug-likeness (QED) is 0.429. The smallest absolute Gasteiger partial charge is 0.391 e. The van der Waals surface area contributed by atoms with Crippen LogP contribution in [0.25, 0.3) is 10.9 Å². The zero-order chi connectivity index (χ0) is 27.5. The number of hydrogen-bond donors (Lipinski definition) is 2. The van der Waals surface area contributed by atoms with Crippen molar-refractivity contribution in [1.29, 1.82) is 5.26 Å². The first kappa shape index (κ1) is 27.6. The van der Waals surface area contributed by atoms with Gasteiger partial charge in [0.05, 0.1) is 46.8 Å². The van der Waals surface area contributed by atoms with Gasteiger partial charge in [-0.15, -0.1) is 0 Å². The lowest BCUT2D eigenvalue weighted by Crippen LogP contribution is -2.35. The molecule has 202 valence electrons. The fraction of sp³-hybridized carbons (Fsp3) is 0.360. The molecule has 2 N–H and O–H groups in total. The average molecular weight is 552 g/mol. The van der Waals surface area contributed by atoms with Crippen LogP contribution in [0.4, 0.5) is 29.1 Å². The highest BCUT2D eigenvalue weighted by Gasteiger charge is 2.32. The van der Waals surface area contributed by atoms with Crippen molar-refractivity contribution in [1.82, 2.24) is 9.29 Å². The summed E-state index contributed by atoms with van der Waals surface area (Å²) in [7, 11) is -3.89. The second-order valence-corrected chi connectivity index (χ2v) is 10.9. The molecule has 0 spiro atoms. The van der Waals surface area contributed by atoms with Crippen LogP contribution in [0.3, 0.4) is 0 Å². The van der Waals surface area contributed by atoms with E-state index < -0.39 is 41.1 Å². The van der Waals surface area contributed by atoms with Gasteiger partial charge in [0.25, 0.3) is 0 Å². The highest BCUT2D eigenvalue weighted by atomic mass is 32.2. The topological polar surface area (TPSA) is 110 Å². The number of nitrogens with zero attached hydrogens (tertiary/aromatic N) is 4. The Morgan fingerprint density at radius 3 is 2.55 bits per heavy atom. The van der Waals surface area contributed by atoms with Gasteiger partial charge in [0.1, 0.15) is 11.6 Å². The molecule has 1 atom stereocenters. The summed E-state index contributed by atoms with van der Waals surface area (Å²) in [6.07, 6.45) is -5.22. The SMILES string of the molecule is N#Cc1ccc(N2CCCN(S(=O)(=O)c3ccc4nc(NC(CO)CC(F)(F)F)ccc4c3)CC2)c(F)c1. The van der Waals surface area contributed by atoms with Gasteiger partial charge in [0.15, 0.2) is 0 Å². The van der Waals surface area contributed by atoms with Crippen LogP contribution in [0.5, 0.6) is 0 Å².